The molecule has 0 radical (unpaired) electrons. The maximum absolute atomic E-state index is 13.1. The first-order valence-corrected chi connectivity index (χ1v) is 13.8. The summed E-state index contributed by atoms with van der Waals surface area (Å²) < 4.78 is 5.93. The minimum atomic E-state index is -0.00327. The third-order valence-electron chi connectivity index (χ3n) is 7.67. The second kappa shape index (κ2) is 11.7. The molecule has 4 aromatic rings. The number of aromatic nitrogens is 3. The fraction of sp³-hybridized carbons (Fsp3) is 0.323. The van der Waals surface area contributed by atoms with Gasteiger partial charge < -0.3 is 20.3 Å². The number of rotatable bonds is 9. The number of hydrogen-bond donors (Lipinski definition) is 3. The van der Waals surface area contributed by atoms with Crippen LogP contribution in [0.2, 0.25) is 0 Å². The lowest BCUT2D eigenvalue weighted by atomic mass is 10.0. The lowest BCUT2D eigenvalue weighted by Gasteiger charge is -2.32. The summed E-state index contributed by atoms with van der Waals surface area (Å²) in [5.74, 6) is 1.69. The number of amides is 1. The Hall–Kier alpha value is -4.17. The summed E-state index contributed by atoms with van der Waals surface area (Å²) in [5, 5.41) is 13.6. The van der Waals surface area contributed by atoms with Crippen molar-refractivity contribution in [2.75, 3.05) is 31.6 Å². The maximum Gasteiger partial charge on any atom is 0.251 e. The van der Waals surface area contributed by atoms with Crippen LogP contribution in [0, 0.1) is 0 Å². The Morgan fingerprint density at radius 1 is 1.05 bits per heavy atom. The number of piperidine rings is 1. The Labute approximate surface area is 228 Å². The first-order chi connectivity index (χ1) is 19.2. The molecule has 0 saturated carbocycles. The molecule has 0 spiro atoms. The molecule has 2 aliphatic rings. The summed E-state index contributed by atoms with van der Waals surface area (Å²) in [6, 6.07) is 18.7. The highest BCUT2D eigenvalue weighted by Crippen LogP contribution is 2.39. The van der Waals surface area contributed by atoms with Gasteiger partial charge in [0.1, 0.15) is 11.6 Å². The number of H-pyrrole nitrogens is 1. The van der Waals surface area contributed by atoms with Crippen molar-refractivity contribution in [3.8, 4) is 16.9 Å². The van der Waals surface area contributed by atoms with Gasteiger partial charge in [-0.3, -0.25) is 9.89 Å². The molecule has 0 aliphatic carbocycles. The number of carbonyl (C=O) groups is 1. The van der Waals surface area contributed by atoms with Crippen LogP contribution >= 0.6 is 0 Å². The number of carbonyl (C=O) groups excluding carboxylic acids is 1. The van der Waals surface area contributed by atoms with Gasteiger partial charge in [-0.05, 0) is 42.5 Å². The molecule has 1 amide bonds. The van der Waals surface area contributed by atoms with E-state index in [1.165, 1.54) is 5.56 Å². The van der Waals surface area contributed by atoms with E-state index in [1.807, 2.05) is 36.7 Å². The van der Waals surface area contributed by atoms with Crippen LogP contribution in [0.25, 0.3) is 11.1 Å². The van der Waals surface area contributed by atoms with Gasteiger partial charge in [0.2, 0.25) is 0 Å². The molecule has 2 aromatic heterocycles. The van der Waals surface area contributed by atoms with Crippen molar-refractivity contribution in [3.63, 3.8) is 0 Å². The van der Waals surface area contributed by atoms with E-state index in [1.54, 1.807) is 6.20 Å². The zero-order valence-corrected chi connectivity index (χ0v) is 22.0. The zero-order valence-electron chi connectivity index (χ0n) is 22.0. The Morgan fingerprint density at radius 3 is 2.72 bits per heavy atom. The predicted molar refractivity (Wildman–Crippen MR) is 152 cm³/mol. The van der Waals surface area contributed by atoms with E-state index >= 15 is 0 Å². The number of benzene rings is 2. The normalized spacial score (nSPS) is 15.5. The summed E-state index contributed by atoms with van der Waals surface area (Å²) >= 11 is 0. The molecule has 0 bridgehead atoms. The number of pyridine rings is 1. The molecule has 6 rings (SSSR count). The summed E-state index contributed by atoms with van der Waals surface area (Å²) in [6.45, 7) is 4.31. The van der Waals surface area contributed by atoms with Gasteiger partial charge in [0, 0.05) is 73.3 Å². The highest BCUT2D eigenvalue weighted by atomic mass is 16.5. The second-order valence-electron chi connectivity index (χ2n) is 10.3. The number of anilines is 1. The van der Waals surface area contributed by atoms with Crippen molar-refractivity contribution in [1.82, 2.24) is 25.4 Å². The van der Waals surface area contributed by atoms with Gasteiger partial charge in [0.15, 0.2) is 0 Å². The SMILES string of the molecule is O=C(NC1CCN(CCc2ccccc2)CC1)c1cccc(CNc2ncc(-c3cn[nH]c3)c3c2CCO3)c1. The standard InChI is InChI=1S/C31H34N6O2/c38-31(36-26-10-14-37(15-11-26)13-9-22-5-2-1-3-6-22)24-8-4-7-23(17-24)18-32-30-27-12-16-39-29(27)28(21-33-30)25-19-34-35-20-25/h1-8,17,19-21,26H,9-16,18H2,(H,32,33)(H,34,35)(H,36,38). The molecule has 8 nitrogen and oxygen atoms in total. The van der Waals surface area contributed by atoms with E-state index in [-0.39, 0.29) is 11.9 Å². The minimum Gasteiger partial charge on any atom is -0.492 e. The maximum atomic E-state index is 13.1. The summed E-state index contributed by atoms with van der Waals surface area (Å²) in [4.78, 5) is 20.2. The van der Waals surface area contributed by atoms with Crippen LogP contribution in [-0.4, -0.2) is 58.3 Å². The number of hydrogen-bond acceptors (Lipinski definition) is 6. The Balaban J connectivity index is 1.02. The third-order valence-corrected chi connectivity index (χ3v) is 7.67. The van der Waals surface area contributed by atoms with Crippen molar-refractivity contribution >= 4 is 11.7 Å². The van der Waals surface area contributed by atoms with Crippen molar-refractivity contribution < 1.29 is 9.53 Å². The second-order valence-corrected chi connectivity index (χ2v) is 10.3. The molecule has 200 valence electrons. The van der Waals surface area contributed by atoms with Crippen molar-refractivity contribution in [2.45, 2.75) is 38.3 Å². The average molecular weight is 523 g/mol. The highest BCUT2D eigenvalue weighted by molar-refractivity contribution is 5.94. The van der Waals surface area contributed by atoms with Crippen molar-refractivity contribution in [3.05, 3.63) is 95.4 Å². The van der Waals surface area contributed by atoms with Gasteiger partial charge in [0.05, 0.1) is 12.8 Å². The molecule has 1 saturated heterocycles. The van der Waals surface area contributed by atoms with Crippen LogP contribution in [0.3, 0.4) is 0 Å². The van der Waals surface area contributed by atoms with E-state index in [0.29, 0.717) is 18.7 Å². The van der Waals surface area contributed by atoms with Gasteiger partial charge in [-0.15, -0.1) is 0 Å². The van der Waals surface area contributed by atoms with E-state index in [2.05, 4.69) is 61.0 Å². The fourth-order valence-electron chi connectivity index (χ4n) is 5.45. The number of likely N-dealkylation sites (tertiary alicyclic amines) is 1. The first kappa shape index (κ1) is 25.1. The molecule has 0 atom stereocenters. The van der Waals surface area contributed by atoms with Crippen LogP contribution in [-0.2, 0) is 19.4 Å². The van der Waals surface area contributed by atoms with Gasteiger partial charge in [-0.2, -0.15) is 5.10 Å². The molecular formula is C31H34N6O2. The van der Waals surface area contributed by atoms with Crippen LogP contribution in [0.1, 0.15) is 39.9 Å². The quantitative estimate of drug-likeness (QED) is 0.301. The third kappa shape index (κ3) is 5.96. The van der Waals surface area contributed by atoms with Crippen LogP contribution in [0.15, 0.2) is 73.2 Å². The zero-order chi connectivity index (χ0) is 26.4. The van der Waals surface area contributed by atoms with Crippen LogP contribution < -0.4 is 15.4 Å². The molecule has 3 N–H and O–H groups in total. The molecule has 4 heterocycles. The molecule has 0 unspecified atom stereocenters. The van der Waals surface area contributed by atoms with Gasteiger partial charge in [0.25, 0.3) is 5.91 Å². The molecule has 8 heteroatoms. The molecule has 1 fully saturated rings. The minimum absolute atomic E-state index is 0.00327. The van der Waals surface area contributed by atoms with E-state index in [0.717, 1.165) is 79.1 Å². The predicted octanol–water partition coefficient (Wildman–Crippen LogP) is 4.46. The Morgan fingerprint density at radius 2 is 1.90 bits per heavy atom. The lowest BCUT2D eigenvalue weighted by molar-refractivity contribution is 0.0911. The highest BCUT2D eigenvalue weighted by Gasteiger charge is 2.23. The van der Waals surface area contributed by atoms with Crippen molar-refractivity contribution in [2.24, 2.45) is 0 Å². The largest absolute Gasteiger partial charge is 0.492 e. The Kier molecular flexibility index (Phi) is 7.54. The number of nitrogens with one attached hydrogen (secondary N) is 3. The van der Waals surface area contributed by atoms with Crippen LogP contribution in [0.4, 0.5) is 5.82 Å². The molecule has 2 aliphatic heterocycles. The number of ether oxygens (including phenoxy) is 1. The first-order valence-electron chi connectivity index (χ1n) is 13.8. The molecular weight excluding hydrogens is 488 g/mol. The van der Waals surface area contributed by atoms with Gasteiger partial charge in [-0.25, -0.2) is 4.98 Å². The monoisotopic (exact) mass is 522 g/mol. The number of fused-ring (bicyclic) bond motifs is 1. The van der Waals surface area contributed by atoms with Crippen LogP contribution in [0.5, 0.6) is 5.75 Å². The topological polar surface area (TPSA) is 95.2 Å². The van der Waals surface area contributed by atoms with E-state index in [4.69, 9.17) is 4.74 Å². The summed E-state index contributed by atoms with van der Waals surface area (Å²) in [5.41, 5.74) is 6.09. The van der Waals surface area contributed by atoms with E-state index < -0.39 is 0 Å². The van der Waals surface area contributed by atoms with Gasteiger partial charge >= 0.3 is 0 Å². The van der Waals surface area contributed by atoms with Gasteiger partial charge in [-0.1, -0.05) is 42.5 Å². The average Bonchev–Trinajstić information content (AvgIpc) is 3.70. The number of nitrogens with zero attached hydrogens (tertiary/aromatic N) is 3. The summed E-state index contributed by atoms with van der Waals surface area (Å²) in [7, 11) is 0. The molecule has 39 heavy (non-hydrogen) atoms. The molecule has 2 aromatic carbocycles. The Bertz CT molecular complexity index is 1400. The lowest BCUT2D eigenvalue weighted by Crippen LogP contribution is -2.45. The number of aromatic amines is 1. The smallest absolute Gasteiger partial charge is 0.251 e. The summed E-state index contributed by atoms with van der Waals surface area (Å²) in [6.07, 6.45) is 9.29. The van der Waals surface area contributed by atoms with Crippen molar-refractivity contribution in [1.29, 1.82) is 0 Å². The fourth-order valence-corrected chi connectivity index (χ4v) is 5.45. The van der Waals surface area contributed by atoms with E-state index in [9.17, 15) is 4.79 Å².